The van der Waals surface area contributed by atoms with Gasteiger partial charge >= 0.3 is 0 Å². The van der Waals surface area contributed by atoms with Crippen LogP contribution >= 0.6 is 11.8 Å². The molecule has 0 saturated carbocycles. The molecule has 112 valence electrons. The predicted octanol–water partition coefficient (Wildman–Crippen LogP) is 3.33. The topological polar surface area (TPSA) is 71.8 Å². The molecule has 0 aliphatic rings. The molecule has 0 aliphatic heterocycles. The second kappa shape index (κ2) is 6.19. The van der Waals surface area contributed by atoms with Crippen LogP contribution in [0.5, 0.6) is 0 Å². The number of rotatable bonds is 4. The number of nitrogens with one attached hydrogen (secondary N) is 1. The molecule has 22 heavy (non-hydrogen) atoms. The molecule has 3 aromatic rings. The van der Waals surface area contributed by atoms with E-state index in [-0.39, 0.29) is 5.56 Å². The van der Waals surface area contributed by atoms with Crippen LogP contribution in [-0.2, 0) is 5.75 Å². The maximum atomic E-state index is 12.1. The van der Waals surface area contributed by atoms with Gasteiger partial charge < -0.3 is 9.40 Å². The van der Waals surface area contributed by atoms with Crippen molar-refractivity contribution in [3.05, 3.63) is 64.1 Å². The van der Waals surface area contributed by atoms with E-state index in [4.69, 9.17) is 4.42 Å². The fourth-order valence-corrected chi connectivity index (χ4v) is 2.77. The van der Waals surface area contributed by atoms with E-state index in [9.17, 15) is 4.79 Å². The fraction of sp³-hybridized carbons (Fsp3) is 0.188. The Hall–Kier alpha value is -2.34. The Morgan fingerprint density at radius 3 is 2.68 bits per heavy atom. The molecule has 0 unspecified atom stereocenters. The number of benzene rings is 1. The zero-order valence-electron chi connectivity index (χ0n) is 12.3. The second-order valence-corrected chi connectivity index (χ2v) is 5.83. The Bertz CT molecular complexity index is 840. The van der Waals surface area contributed by atoms with Crippen LogP contribution in [0.3, 0.4) is 0 Å². The van der Waals surface area contributed by atoms with E-state index in [1.54, 1.807) is 13.1 Å². The van der Waals surface area contributed by atoms with E-state index >= 15 is 0 Å². The highest BCUT2D eigenvalue weighted by atomic mass is 32.2. The number of nitrogens with zero attached hydrogens (tertiary/aromatic N) is 2. The van der Waals surface area contributed by atoms with Gasteiger partial charge in [-0.2, -0.15) is 0 Å². The highest BCUT2D eigenvalue weighted by Crippen LogP contribution is 2.23. The summed E-state index contributed by atoms with van der Waals surface area (Å²) in [4.78, 5) is 23.6. The Kier molecular flexibility index (Phi) is 4.11. The summed E-state index contributed by atoms with van der Waals surface area (Å²) in [6.07, 6.45) is 1.68. The standard InChI is InChI=1S/C16H15N3O2S/c1-10-8-17-13(21-10)9-22-16-18-14(11(2)15(20)19-16)12-6-4-3-5-7-12/h3-8H,9H2,1-2H3,(H,18,19,20). The normalized spacial score (nSPS) is 10.8. The first-order chi connectivity index (χ1) is 10.6. The van der Waals surface area contributed by atoms with Gasteiger partial charge in [-0.25, -0.2) is 9.97 Å². The van der Waals surface area contributed by atoms with E-state index in [0.717, 1.165) is 11.3 Å². The lowest BCUT2D eigenvalue weighted by Crippen LogP contribution is -2.14. The maximum absolute atomic E-state index is 12.1. The largest absolute Gasteiger partial charge is 0.445 e. The molecule has 3 rings (SSSR count). The number of aromatic nitrogens is 3. The Balaban J connectivity index is 1.89. The minimum absolute atomic E-state index is 0.125. The van der Waals surface area contributed by atoms with Gasteiger partial charge in [0.25, 0.3) is 5.56 Å². The predicted molar refractivity (Wildman–Crippen MR) is 85.8 cm³/mol. The Morgan fingerprint density at radius 1 is 1.23 bits per heavy atom. The molecule has 1 aromatic carbocycles. The first-order valence-corrected chi connectivity index (χ1v) is 7.82. The summed E-state index contributed by atoms with van der Waals surface area (Å²) in [5.74, 6) is 1.91. The fourth-order valence-electron chi connectivity index (χ4n) is 2.06. The average molecular weight is 313 g/mol. The molecule has 2 heterocycles. The minimum Gasteiger partial charge on any atom is -0.445 e. The molecule has 0 amide bonds. The van der Waals surface area contributed by atoms with Crippen LogP contribution in [-0.4, -0.2) is 15.0 Å². The third-order valence-electron chi connectivity index (χ3n) is 3.18. The zero-order valence-corrected chi connectivity index (χ0v) is 13.1. The number of aromatic amines is 1. The maximum Gasteiger partial charge on any atom is 0.255 e. The van der Waals surface area contributed by atoms with Crippen molar-refractivity contribution in [2.45, 2.75) is 24.8 Å². The van der Waals surface area contributed by atoms with Crippen LogP contribution in [0.1, 0.15) is 17.2 Å². The number of hydrogen-bond acceptors (Lipinski definition) is 5. The van der Waals surface area contributed by atoms with Gasteiger partial charge in [-0.05, 0) is 13.8 Å². The Labute approximate surface area is 131 Å². The summed E-state index contributed by atoms with van der Waals surface area (Å²) < 4.78 is 5.42. The summed E-state index contributed by atoms with van der Waals surface area (Å²) >= 11 is 1.40. The number of hydrogen-bond donors (Lipinski definition) is 1. The molecule has 0 saturated heterocycles. The SMILES string of the molecule is Cc1cnc(CSc2nc(-c3ccccc3)c(C)c(=O)[nH]2)o1. The average Bonchev–Trinajstić information content (AvgIpc) is 2.95. The molecule has 0 atom stereocenters. The summed E-state index contributed by atoms with van der Waals surface area (Å²) in [6, 6.07) is 9.69. The number of aryl methyl sites for hydroxylation is 1. The van der Waals surface area contributed by atoms with E-state index in [1.807, 2.05) is 37.3 Å². The molecule has 0 bridgehead atoms. The molecule has 1 N–H and O–H groups in total. The monoisotopic (exact) mass is 313 g/mol. The van der Waals surface area contributed by atoms with E-state index < -0.39 is 0 Å². The molecular weight excluding hydrogens is 298 g/mol. The first kappa shape index (κ1) is 14.6. The smallest absolute Gasteiger partial charge is 0.255 e. The van der Waals surface area contributed by atoms with Gasteiger partial charge in [0.1, 0.15) is 5.76 Å². The van der Waals surface area contributed by atoms with Gasteiger partial charge in [0, 0.05) is 11.1 Å². The summed E-state index contributed by atoms with van der Waals surface area (Å²) in [6.45, 7) is 3.63. The van der Waals surface area contributed by atoms with Crippen LogP contribution in [0.15, 0.2) is 50.9 Å². The lowest BCUT2D eigenvalue weighted by molar-refractivity contribution is 0.490. The number of oxazole rings is 1. The van der Waals surface area contributed by atoms with Crippen LogP contribution in [0, 0.1) is 13.8 Å². The van der Waals surface area contributed by atoms with Crippen molar-refractivity contribution in [2.24, 2.45) is 0 Å². The minimum atomic E-state index is -0.125. The molecular formula is C16H15N3O2S. The highest BCUT2D eigenvalue weighted by molar-refractivity contribution is 7.98. The van der Waals surface area contributed by atoms with Crippen LogP contribution in [0.25, 0.3) is 11.3 Å². The molecule has 0 aliphatic carbocycles. The van der Waals surface area contributed by atoms with Gasteiger partial charge in [-0.1, -0.05) is 42.1 Å². The quantitative estimate of drug-likeness (QED) is 0.591. The second-order valence-electron chi connectivity index (χ2n) is 4.86. The van der Waals surface area contributed by atoms with E-state index in [1.165, 1.54) is 11.8 Å². The first-order valence-electron chi connectivity index (χ1n) is 6.84. The Morgan fingerprint density at radius 2 is 2.00 bits per heavy atom. The summed E-state index contributed by atoms with van der Waals surface area (Å²) in [5, 5.41) is 0.560. The molecule has 2 aromatic heterocycles. The van der Waals surface area contributed by atoms with Crippen molar-refractivity contribution < 1.29 is 4.42 Å². The lowest BCUT2D eigenvalue weighted by atomic mass is 10.1. The van der Waals surface area contributed by atoms with Crippen molar-refractivity contribution in [1.82, 2.24) is 15.0 Å². The number of thioether (sulfide) groups is 1. The molecule has 0 fully saturated rings. The van der Waals surface area contributed by atoms with Crippen molar-refractivity contribution in [3.8, 4) is 11.3 Å². The van der Waals surface area contributed by atoms with E-state index in [2.05, 4.69) is 15.0 Å². The van der Waals surface area contributed by atoms with E-state index in [0.29, 0.717) is 28.1 Å². The molecule has 0 spiro atoms. The van der Waals surface area contributed by atoms with Crippen LogP contribution in [0.4, 0.5) is 0 Å². The third-order valence-corrected chi connectivity index (χ3v) is 4.04. The number of H-pyrrole nitrogens is 1. The zero-order chi connectivity index (χ0) is 15.5. The van der Waals surface area contributed by atoms with Crippen molar-refractivity contribution in [2.75, 3.05) is 0 Å². The molecule has 6 heteroatoms. The lowest BCUT2D eigenvalue weighted by Gasteiger charge is -2.06. The van der Waals surface area contributed by atoms with Crippen molar-refractivity contribution >= 4 is 11.8 Å². The highest BCUT2D eigenvalue weighted by Gasteiger charge is 2.11. The molecule has 0 radical (unpaired) electrons. The van der Waals surface area contributed by atoms with Crippen LogP contribution < -0.4 is 5.56 Å². The van der Waals surface area contributed by atoms with Gasteiger partial charge in [0.05, 0.1) is 17.6 Å². The van der Waals surface area contributed by atoms with Gasteiger partial charge in [0.15, 0.2) is 5.16 Å². The summed E-state index contributed by atoms with van der Waals surface area (Å²) in [5.41, 5.74) is 2.12. The molecule has 5 nitrogen and oxygen atoms in total. The van der Waals surface area contributed by atoms with Crippen LogP contribution in [0.2, 0.25) is 0 Å². The third kappa shape index (κ3) is 3.12. The van der Waals surface area contributed by atoms with Crippen molar-refractivity contribution in [3.63, 3.8) is 0 Å². The van der Waals surface area contributed by atoms with Gasteiger partial charge in [0.2, 0.25) is 5.89 Å². The van der Waals surface area contributed by atoms with Gasteiger partial charge in [-0.15, -0.1) is 0 Å². The van der Waals surface area contributed by atoms with Crippen molar-refractivity contribution in [1.29, 1.82) is 0 Å². The van der Waals surface area contributed by atoms with Gasteiger partial charge in [-0.3, -0.25) is 4.79 Å². The summed E-state index contributed by atoms with van der Waals surface area (Å²) in [7, 11) is 0.